The van der Waals surface area contributed by atoms with Gasteiger partial charge >= 0.3 is 0 Å². The molecule has 0 aliphatic heterocycles. The van der Waals surface area contributed by atoms with Gasteiger partial charge in [0.25, 0.3) is 5.89 Å². The van der Waals surface area contributed by atoms with Crippen LogP contribution in [0.15, 0.2) is 4.52 Å². The normalized spacial score (nSPS) is 11.1. The highest BCUT2D eigenvalue weighted by atomic mass is 19.2. The Morgan fingerprint density at radius 3 is 2.05 bits per heavy atom. The molecule has 0 atom stereocenters. The van der Waals surface area contributed by atoms with Crippen LogP contribution in [-0.4, -0.2) is 23.7 Å². The minimum absolute atomic E-state index is 0.0818. The summed E-state index contributed by atoms with van der Waals surface area (Å²) in [5, 5.41) is 6.17. The molecule has 0 amide bonds. The zero-order valence-corrected chi connectivity index (χ0v) is 10.1. The number of benzene rings is 1. The van der Waals surface area contributed by atoms with Gasteiger partial charge in [-0.15, -0.1) is 0 Å². The van der Waals surface area contributed by atoms with E-state index in [1.54, 1.807) is 7.05 Å². The predicted octanol–water partition coefficient (Wildman–Crippen LogP) is 2.19. The number of rotatable bonds is 4. The minimum Gasteiger partial charge on any atom is -0.334 e. The average Bonchev–Trinajstić information content (AvgIpc) is 2.89. The molecule has 0 spiro atoms. The third kappa shape index (κ3) is 2.36. The summed E-state index contributed by atoms with van der Waals surface area (Å²) < 4.78 is 70.5. The molecule has 20 heavy (non-hydrogen) atoms. The molecule has 0 aliphatic rings. The Morgan fingerprint density at radius 2 is 1.50 bits per heavy atom. The second-order valence-electron chi connectivity index (χ2n) is 3.81. The summed E-state index contributed by atoms with van der Waals surface area (Å²) in [6.45, 7) is 0.454. The Bertz CT molecular complexity index is 614. The van der Waals surface area contributed by atoms with E-state index in [1.807, 2.05) is 0 Å². The topological polar surface area (TPSA) is 51.0 Å². The van der Waals surface area contributed by atoms with Gasteiger partial charge in [-0.05, 0) is 7.05 Å². The number of hydrogen-bond acceptors (Lipinski definition) is 4. The summed E-state index contributed by atoms with van der Waals surface area (Å²) in [7, 11) is 1.66. The number of halogens is 5. The van der Waals surface area contributed by atoms with Crippen LogP contribution in [0, 0.1) is 29.1 Å². The number of aromatic nitrogens is 2. The van der Waals surface area contributed by atoms with Crippen molar-refractivity contribution in [2.24, 2.45) is 0 Å². The highest BCUT2D eigenvalue weighted by Gasteiger charge is 2.29. The van der Waals surface area contributed by atoms with Crippen molar-refractivity contribution < 1.29 is 26.5 Å². The van der Waals surface area contributed by atoms with Crippen LogP contribution < -0.4 is 5.32 Å². The lowest BCUT2D eigenvalue weighted by atomic mass is 10.1. The van der Waals surface area contributed by atoms with Crippen molar-refractivity contribution in [1.82, 2.24) is 15.5 Å². The summed E-state index contributed by atoms with van der Waals surface area (Å²) in [6.07, 6.45) is 0.273. The molecule has 1 aromatic heterocycles. The summed E-state index contributed by atoms with van der Waals surface area (Å²) in [4.78, 5) is 3.60. The fraction of sp³-hybridized carbons (Fsp3) is 0.273. The number of nitrogens with one attached hydrogen (secondary N) is 1. The van der Waals surface area contributed by atoms with Crippen LogP contribution in [0.1, 0.15) is 5.82 Å². The maximum atomic E-state index is 13.5. The van der Waals surface area contributed by atoms with E-state index in [1.165, 1.54) is 0 Å². The molecule has 2 rings (SSSR count). The fourth-order valence-corrected chi connectivity index (χ4v) is 1.49. The Kier molecular flexibility index (Phi) is 3.98. The van der Waals surface area contributed by atoms with Crippen LogP contribution >= 0.6 is 0 Å². The SMILES string of the molecule is CNCCc1noc(-c2c(F)c(F)c(F)c(F)c2F)n1. The van der Waals surface area contributed by atoms with Crippen LogP contribution in [0.4, 0.5) is 22.0 Å². The van der Waals surface area contributed by atoms with E-state index in [0.717, 1.165) is 0 Å². The van der Waals surface area contributed by atoms with Gasteiger partial charge in [0.15, 0.2) is 29.1 Å². The van der Waals surface area contributed by atoms with E-state index in [4.69, 9.17) is 0 Å². The molecule has 4 nitrogen and oxygen atoms in total. The zero-order valence-electron chi connectivity index (χ0n) is 10.1. The van der Waals surface area contributed by atoms with E-state index in [0.29, 0.717) is 6.54 Å². The van der Waals surface area contributed by atoms with Gasteiger partial charge < -0.3 is 9.84 Å². The van der Waals surface area contributed by atoms with Crippen molar-refractivity contribution >= 4 is 0 Å². The lowest BCUT2D eigenvalue weighted by Crippen LogP contribution is -2.11. The predicted molar refractivity (Wildman–Crippen MR) is 57.2 cm³/mol. The smallest absolute Gasteiger partial charge is 0.264 e. The monoisotopic (exact) mass is 293 g/mol. The summed E-state index contributed by atoms with van der Waals surface area (Å²) >= 11 is 0. The highest BCUT2D eigenvalue weighted by Crippen LogP contribution is 2.30. The maximum absolute atomic E-state index is 13.5. The quantitative estimate of drug-likeness (QED) is 0.533. The van der Waals surface area contributed by atoms with Crippen molar-refractivity contribution in [2.75, 3.05) is 13.6 Å². The van der Waals surface area contributed by atoms with Gasteiger partial charge in [0.2, 0.25) is 5.82 Å². The average molecular weight is 293 g/mol. The van der Waals surface area contributed by atoms with E-state index >= 15 is 0 Å². The molecule has 1 N–H and O–H groups in total. The number of likely N-dealkylation sites (N-methyl/N-ethyl adjacent to an activating group) is 1. The number of nitrogens with zero attached hydrogens (tertiary/aromatic N) is 2. The third-order valence-corrected chi connectivity index (χ3v) is 2.49. The minimum atomic E-state index is -2.24. The Hall–Kier alpha value is -2.03. The van der Waals surface area contributed by atoms with Crippen molar-refractivity contribution in [3.8, 4) is 11.5 Å². The Labute approximate surface area is 109 Å². The van der Waals surface area contributed by atoms with Crippen LogP contribution in [0.3, 0.4) is 0 Å². The van der Waals surface area contributed by atoms with Gasteiger partial charge in [-0.1, -0.05) is 5.16 Å². The van der Waals surface area contributed by atoms with Gasteiger partial charge in [-0.2, -0.15) is 4.98 Å². The lowest BCUT2D eigenvalue weighted by molar-refractivity contribution is 0.372. The lowest BCUT2D eigenvalue weighted by Gasteiger charge is -2.03. The summed E-state index contributed by atoms with van der Waals surface area (Å²) in [6, 6.07) is 0. The molecule has 1 heterocycles. The molecule has 108 valence electrons. The van der Waals surface area contributed by atoms with E-state index < -0.39 is 40.5 Å². The molecule has 9 heteroatoms. The molecule has 0 saturated heterocycles. The van der Waals surface area contributed by atoms with Gasteiger partial charge in [0.05, 0.1) is 0 Å². The van der Waals surface area contributed by atoms with Crippen molar-refractivity contribution in [3.63, 3.8) is 0 Å². The second-order valence-corrected chi connectivity index (χ2v) is 3.81. The fourth-order valence-electron chi connectivity index (χ4n) is 1.49. The molecule has 0 radical (unpaired) electrons. The van der Waals surface area contributed by atoms with Crippen LogP contribution in [0.2, 0.25) is 0 Å². The first-order chi connectivity index (χ1) is 9.47. The van der Waals surface area contributed by atoms with Crippen LogP contribution in [0.5, 0.6) is 0 Å². The van der Waals surface area contributed by atoms with Crippen molar-refractivity contribution in [3.05, 3.63) is 34.9 Å². The van der Waals surface area contributed by atoms with Crippen molar-refractivity contribution in [1.29, 1.82) is 0 Å². The van der Waals surface area contributed by atoms with Crippen molar-refractivity contribution in [2.45, 2.75) is 6.42 Å². The first kappa shape index (κ1) is 14.4. The highest BCUT2D eigenvalue weighted by molar-refractivity contribution is 5.55. The summed E-state index contributed by atoms with van der Waals surface area (Å²) in [5.74, 6) is -11.1. The molecule has 0 bridgehead atoms. The van der Waals surface area contributed by atoms with Crippen LogP contribution in [-0.2, 0) is 6.42 Å². The first-order valence-electron chi connectivity index (χ1n) is 5.46. The Balaban J connectivity index is 2.50. The van der Waals surface area contributed by atoms with Gasteiger partial charge in [-0.3, -0.25) is 0 Å². The molecular formula is C11H8F5N3O. The van der Waals surface area contributed by atoms with Gasteiger partial charge in [0, 0.05) is 13.0 Å². The zero-order chi connectivity index (χ0) is 14.9. The molecule has 1 aromatic carbocycles. The van der Waals surface area contributed by atoms with E-state index in [2.05, 4.69) is 20.0 Å². The maximum Gasteiger partial charge on any atom is 0.264 e. The third-order valence-electron chi connectivity index (χ3n) is 2.49. The second kappa shape index (κ2) is 5.53. The van der Waals surface area contributed by atoms with E-state index in [-0.39, 0.29) is 12.2 Å². The summed E-state index contributed by atoms with van der Waals surface area (Å²) in [5.41, 5.74) is -1.23. The largest absolute Gasteiger partial charge is 0.334 e. The first-order valence-corrected chi connectivity index (χ1v) is 5.46. The van der Waals surface area contributed by atoms with Gasteiger partial charge in [0.1, 0.15) is 5.56 Å². The molecule has 0 fully saturated rings. The number of hydrogen-bond donors (Lipinski definition) is 1. The van der Waals surface area contributed by atoms with Crippen LogP contribution in [0.25, 0.3) is 11.5 Å². The molecule has 0 saturated carbocycles. The molecule has 2 aromatic rings. The Morgan fingerprint density at radius 1 is 0.950 bits per heavy atom. The van der Waals surface area contributed by atoms with E-state index in [9.17, 15) is 22.0 Å². The molecule has 0 aliphatic carbocycles. The van der Waals surface area contributed by atoms with Gasteiger partial charge in [-0.25, -0.2) is 22.0 Å². The molecular weight excluding hydrogens is 285 g/mol. The standard InChI is InChI=1S/C11H8F5N3O/c1-17-3-2-4-18-11(20-19-4)5-6(12)8(14)10(16)9(15)7(5)13/h17H,2-3H2,1H3. The molecule has 0 unspecified atom stereocenters.